The molecule has 0 amide bonds. The van der Waals surface area contributed by atoms with Crippen LogP contribution in [0.2, 0.25) is 0 Å². The van der Waals surface area contributed by atoms with Crippen molar-refractivity contribution in [2.75, 3.05) is 13.1 Å². The summed E-state index contributed by atoms with van der Waals surface area (Å²) in [5.41, 5.74) is 0. The van der Waals surface area contributed by atoms with Gasteiger partial charge < -0.3 is 8.94 Å². The van der Waals surface area contributed by atoms with Gasteiger partial charge in [-0.3, -0.25) is 0 Å². The summed E-state index contributed by atoms with van der Waals surface area (Å²) in [5.74, 6) is 1.78. The van der Waals surface area contributed by atoms with E-state index < -0.39 is 10.0 Å². The van der Waals surface area contributed by atoms with Gasteiger partial charge >= 0.3 is 0 Å². The van der Waals surface area contributed by atoms with Crippen LogP contribution in [0.1, 0.15) is 19.7 Å². The molecule has 0 spiro atoms. The monoisotopic (exact) mass is 394 g/mol. The molecule has 26 heavy (non-hydrogen) atoms. The predicted octanol–water partition coefficient (Wildman–Crippen LogP) is 3.05. The first-order valence-electron chi connectivity index (χ1n) is 8.00. The maximum absolute atomic E-state index is 12.4. The molecule has 0 unspecified atom stereocenters. The SMILES string of the molecule is CCN(CC)S(=O)(=O)c1ccc(SCc2nc(-c3ccco3)no2)nc1. The van der Waals surface area contributed by atoms with Crippen molar-refractivity contribution in [3.8, 4) is 11.6 Å². The van der Waals surface area contributed by atoms with Crippen molar-refractivity contribution in [2.45, 2.75) is 29.5 Å². The van der Waals surface area contributed by atoms with E-state index in [1.54, 1.807) is 38.1 Å². The lowest BCUT2D eigenvalue weighted by Gasteiger charge is -2.18. The Hall–Kier alpha value is -2.17. The lowest BCUT2D eigenvalue weighted by atomic mass is 10.4. The van der Waals surface area contributed by atoms with Gasteiger partial charge in [0.1, 0.15) is 4.90 Å². The second kappa shape index (κ2) is 8.02. The Kier molecular flexibility index (Phi) is 5.74. The molecule has 0 atom stereocenters. The van der Waals surface area contributed by atoms with E-state index in [1.165, 1.54) is 28.5 Å². The van der Waals surface area contributed by atoms with Gasteiger partial charge in [-0.1, -0.05) is 30.8 Å². The van der Waals surface area contributed by atoms with Gasteiger partial charge in [0.25, 0.3) is 0 Å². The lowest BCUT2D eigenvalue weighted by Crippen LogP contribution is -2.30. The van der Waals surface area contributed by atoms with Gasteiger partial charge in [-0.15, -0.1) is 0 Å². The number of aromatic nitrogens is 3. The highest BCUT2D eigenvalue weighted by Gasteiger charge is 2.21. The molecule has 0 radical (unpaired) electrons. The Labute approximate surface area is 155 Å². The van der Waals surface area contributed by atoms with Crippen molar-refractivity contribution < 1.29 is 17.4 Å². The number of thioether (sulfide) groups is 1. The van der Waals surface area contributed by atoms with Crippen LogP contribution in [0, 0.1) is 0 Å². The molecule has 0 N–H and O–H groups in total. The summed E-state index contributed by atoms with van der Waals surface area (Å²) in [6, 6.07) is 6.73. The summed E-state index contributed by atoms with van der Waals surface area (Å²) in [6.07, 6.45) is 2.91. The largest absolute Gasteiger partial charge is 0.461 e. The minimum atomic E-state index is -3.50. The zero-order chi connectivity index (χ0) is 18.6. The third kappa shape index (κ3) is 3.97. The molecule has 3 aromatic heterocycles. The maximum Gasteiger partial charge on any atom is 0.244 e. The number of sulfonamides is 1. The van der Waals surface area contributed by atoms with Gasteiger partial charge in [0.05, 0.1) is 17.0 Å². The molecule has 0 aliphatic rings. The molecule has 3 rings (SSSR count). The van der Waals surface area contributed by atoms with E-state index in [0.29, 0.717) is 41.3 Å². The Morgan fingerprint density at radius 2 is 2.00 bits per heavy atom. The summed E-state index contributed by atoms with van der Waals surface area (Å²) >= 11 is 1.38. The molecule has 3 aromatic rings. The van der Waals surface area contributed by atoms with Gasteiger partial charge in [-0.2, -0.15) is 9.29 Å². The number of rotatable bonds is 8. The van der Waals surface area contributed by atoms with Crippen LogP contribution in [-0.2, 0) is 15.8 Å². The highest BCUT2D eigenvalue weighted by molar-refractivity contribution is 7.98. The highest BCUT2D eigenvalue weighted by Crippen LogP contribution is 2.24. The summed E-state index contributed by atoms with van der Waals surface area (Å²) in [5, 5.41) is 4.52. The Bertz CT molecular complexity index is 933. The molecule has 0 saturated heterocycles. The fourth-order valence-corrected chi connectivity index (χ4v) is 4.36. The first kappa shape index (κ1) is 18.6. The Morgan fingerprint density at radius 1 is 1.19 bits per heavy atom. The van der Waals surface area contributed by atoms with Gasteiger partial charge in [0, 0.05) is 19.3 Å². The minimum Gasteiger partial charge on any atom is -0.461 e. The van der Waals surface area contributed by atoms with Crippen LogP contribution >= 0.6 is 11.8 Å². The molecule has 3 heterocycles. The minimum absolute atomic E-state index is 0.184. The molecule has 0 fully saturated rings. The summed E-state index contributed by atoms with van der Waals surface area (Å²) < 4.78 is 36.7. The van der Waals surface area contributed by atoms with E-state index in [0.717, 1.165) is 0 Å². The first-order valence-corrected chi connectivity index (χ1v) is 10.4. The van der Waals surface area contributed by atoms with Gasteiger partial charge in [0.15, 0.2) is 5.76 Å². The zero-order valence-electron chi connectivity index (χ0n) is 14.3. The number of pyridine rings is 1. The van der Waals surface area contributed by atoms with E-state index in [1.807, 2.05) is 0 Å². The second-order valence-corrected chi connectivity index (χ2v) is 8.13. The topological polar surface area (TPSA) is 102 Å². The standard InChI is InChI=1S/C16H18N4O4S2/c1-3-20(4-2)26(21,22)12-7-8-15(17-10-12)25-11-14-18-16(19-24-14)13-6-5-9-23-13/h5-10H,3-4,11H2,1-2H3. The molecule has 0 saturated carbocycles. The van der Waals surface area contributed by atoms with Gasteiger partial charge in [-0.25, -0.2) is 13.4 Å². The van der Waals surface area contributed by atoms with Gasteiger partial charge in [0.2, 0.25) is 21.7 Å². The fourth-order valence-electron chi connectivity index (χ4n) is 2.27. The van der Waals surface area contributed by atoms with Crippen molar-refractivity contribution in [3.63, 3.8) is 0 Å². The number of hydrogen-bond acceptors (Lipinski definition) is 8. The molecule has 8 nitrogen and oxygen atoms in total. The number of hydrogen-bond donors (Lipinski definition) is 0. The second-order valence-electron chi connectivity index (χ2n) is 5.20. The summed E-state index contributed by atoms with van der Waals surface area (Å²) in [4.78, 5) is 8.65. The highest BCUT2D eigenvalue weighted by atomic mass is 32.2. The lowest BCUT2D eigenvalue weighted by molar-refractivity contribution is 0.390. The van der Waals surface area contributed by atoms with E-state index in [2.05, 4.69) is 15.1 Å². The molecule has 10 heteroatoms. The van der Waals surface area contributed by atoms with Gasteiger partial charge in [-0.05, 0) is 24.3 Å². The van der Waals surface area contributed by atoms with Crippen LogP contribution in [0.4, 0.5) is 0 Å². The number of nitrogens with zero attached hydrogens (tertiary/aromatic N) is 4. The molecular formula is C16H18N4O4S2. The average molecular weight is 394 g/mol. The molecule has 0 aliphatic heterocycles. The van der Waals surface area contributed by atoms with E-state index >= 15 is 0 Å². The fraction of sp³-hybridized carbons (Fsp3) is 0.312. The molecule has 0 bridgehead atoms. The quantitative estimate of drug-likeness (QED) is 0.537. The predicted molar refractivity (Wildman–Crippen MR) is 95.9 cm³/mol. The van der Waals surface area contributed by atoms with Crippen LogP contribution < -0.4 is 0 Å². The van der Waals surface area contributed by atoms with Crippen molar-refractivity contribution in [1.82, 2.24) is 19.4 Å². The zero-order valence-corrected chi connectivity index (χ0v) is 16.0. The summed E-state index contributed by atoms with van der Waals surface area (Å²) in [6.45, 7) is 4.45. The molecular weight excluding hydrogens is 376 g/mol. The first-order chi connectivity index (χ1) is 12.5. The van der Waals surface area contributed by atoms with Crippen LogP contribution in [0.15, 0.2) is 55.6 Å². The normalized spacial score (nSPS) is 12.0. The van der Waals surface area contributed by atoms with Crippen molar-refractivity contribution in [3.05, 3.63) is 42.6 Å². The van der Waals surface area contributed by atoms with Crippen molar-refractivity contribution in [1.29, 1.82) is 0 Å². The van der Waals surface area contributed by atoms with E-state index in [4.69, 9.17) is 8.94 Å². The third-order valence-corrected chi connectivity index (χ3v) is 6.57. The van der Waals surface area contributed by atoms with Crippen LogP contribution in [0.25, 0.3) is 11.6 Å². The van der Waals surface area contributed by atoms with Crippen LogP contribution in [0.5, 0.6) is 0 Å². The molecule has 0 aromatic carbocycles. The van der Waals surface area contributed by atoms with Crippen LogP contribution in [0.3, 0.4) is 0 Å². The molecule has 0 aliphatic carbocycles. The Balaban J connectivity index is 1.65. The van der Waals surface area contributed by atoms with Crippen LogP contribution in [-0.4, -0.2) is 40.9 Å². The molecule has 138 valence electrons. The average Bonchev–Trinajstić information content (AvgIpc) is 3.32. The number of furan rings is 1. The third-order valence-electron chi connectivity index (χ3n) is 3.61. The smallest absolute Gasteiger partial charge is 0.244 e. The maximum atomic E-state index is 12.4. The van der Waals surface area contributed by atoms with Crippen molar-refractivity contribution >= 4 is 21.8 Å². The van der Waals surface area contributed by atoms with E-state index in [9.17, 15) is 8.42 Å². The van der Waals surface area contributed by atoms with Crippen molar-refractivity contribution in [2.24, 2.45) is 0 Å². The summed E-state index contributed by atoms with van der Waals surface area (Å²) in [7, 11) is -3.50. The van der Waals surface area contributed by atoms with E-state index in [-0.39, 0.29) is 4.90 Å². The Morgan fingerprint density at radius 3 is 2.62 bits per heavy atom.